The van der Waals surface area contributed by atoms with E-state index in [1.165, 1.54) is 26.4 Å². The molecule has 1 saturated heterocycles. The van der Waals surface area contributed by atoms with Crippen molar-refractivity contribution in [2.75, 3.05) is 44.5 Å². The Balaban J connectivity index is 0.00000176. The van der Waals surface area contributed by atoms with E-state index in [0.29, 0.717) is 43.8 Å². The van der Waals surface area contributed by atoms with E-state index in [0.717, 1.165) is 5.56 Å². The quantitative estimate of drug-likeness (QED) is 0.522. The highest BCUT2D eigenvalue weighted by atomic mass is 19.1. The van der Waals surface area contributed by atoms with Gasteiger partial charge in [-0.1, -0.05) is 12.1 Å². The number of anilines is 2. The lowest BCUT2D eigenvalue weighted by Crippen LogP contribution is -2.54. The largest absolute Gasteiger partial charge is 0.493 e. The molecular weight excluding hydrogens is 468 g/mol. The molecule has 0 unspecified atom stereocenters. The van der Waals surface area contributed by atoms with E-state index in [4.69, 9.17) is 15.2 Å². The molecule has 1 fully saturated rings. The molecule has 0 aliphatic carbocycles. The van der Waals surface area contributed by atoms with Crippen molar-refractivity contribution < 1.29 is 23.0 Å². The molecule has 0 saturated carbocycles. The van der Waals surface area contributed by atoms with Crippen molar-refractivity contribution in [1.29, 1.82) is 0 Å². The molecule has 10 heteroatoms. The molecule has 2 N–H and O–H groups in total. The number of ether oxygens (including phenoxy) is 2. The fourth-order valence-electron chi connectivity index (χ4n) is 4.21. The predicted octanol–water partition coefficient (Wildman–Crippen LogP) is 3.43. The van der Waals surface area contributed by atoms with Crippen molar-refractivity contribution in [1.82, 2.24) is 14.9 Å². The van der Waals surface area contributed by atoms with Crippen LogP contribution in [0.4, 0.5) is 20.5 Å². The van der Waals surface area contributed by atoms with E-state index in [1.54, 1.807) is 23.1 Å². The molecule has 1 atom stereocenters. The monoisotopic (exact) mass is 497 g/mol. The smallest absolute Gasteiger partial charge is 0.228 e. The fourth-order valence-corrected chi connectivity index (χ4v) is 4.21. The van der Waals surface area contributed by atoms with Crippen LogP contribution in [0.1, 0.15) is 18.9 Å². The number of nitrogen functional groups attached to an aromatic ring is 1. The summed E-state index contributed by atoms with van der Waals surface area (Å²) in [5, 5.41) is 0.334. The number of hydrogen-bond donors (Lipinski definition) is 1. The van der Waals surface area contributed by atoms with Crippen LogP contribution >= 0.6 is 0 Å². The van der Waals surface area contributed by atoms with Crippen LogP contribution in [0, 0.1) is 24.5 Å². The summed E-state index contributed by atoms with van der Waals surface area (Å²) in [6.45, 7) is 3.37. The normalized spacial score (nSPS) is 15.2. The lowest BCUT2D eigenvalue weighted by atomic mass is 10.1. The van der Waals surface area contributed by atoms with Gasteiger partial charge in [0.1, 0.15) is 17.2 Å². The van der Waals surface area contributed by atoms with E-state index in [9.17, 15) is 9.18 Å². The maximum Gasteiger partial charge on any atom is 0.228 e. The second-order valence-corrected chi connectivity index (χ2v) is 8.24. The van der Waals surface area contributed by atoms with Gasteiger partial charge in [0.15, 0.2) is 17.3 Å². The molecule has 3 aromatic rings. The van der Waals surface area contributed by atoms with Crippen molar-refractivity contribution in [3.8, 4) is 24.3 Å². The van der Waals surface area contributed by atoms with Crippen molar-refractivity contribution in [3.05, 3.63) is 47.5 Å². The SMILES string of the molecule is C#C.COc1cc2c(N)nc(N3CCN(C(=O)CCc4ccc(F)cc4)C[C@@H]3C)nc2c(F)c1OC. The number of methoxy groups -OCH3 is 2. The zero-order valence-electron chi connectivity index (χ0n) is 20.5. The minimum absolute atomic E-state index is 0.0256. The van der Waals surface area contributed by atoms with Crippen LogP contribution < -0.4 is 20.1 Å². The molecule has 1 aliphatic rings. The lowest BCUT2D eigenvalue weighted by molar-refractivity contribution is -0.131. The summed E-state index contributed by atoms with van der Waals surface area (Å²) in [7, 11) is 2.77. The summed E-state index contributed by atoms with van der Waals surface area (Å²) in [4.78, 5) is 25.3. The van der Waals surface area contributed by atoms with E-state index in [1.807, 2.05) is 11.8 Å². The van der Waals surface area contributed by atoms with Crippen LogP contribution in [0.5, 0.6) is 11.5 Å². The lowest BCUT2D eigenvalue weighted by Gasteiger charge is -2.40. The summed E-state index contributed by atoms with van der Waals surface area (Å²) in [5.41, 5.74) is 7.10. The van der Waals surface area contributed by atoms with Gasteiger partial charge < -0.3 is 25.0 Å². The Kier molecular flexibility index (Phi) is 8.48. The standard InChI is InChI=1S/C24H27F2N5O3.C2H2/c1-14-13-30(19(32)9-6-15-4-7-16(25)8-5-15)10-11-31(14)24-28-21-17(23(27)29-24)12-18(33-2)22(34-3)20(21)26;1-2/h4-5,7-8,12,14H,6,9-11,13H2,1-3H3,(H2,27,28,29);1-2H/t14-;/m0./s1. The van der Waals surface area contributed by atoms with Crippen LogP contribution in [-0.2, 0) is 11.2 Å². The topological polar surface area (TPSA) is 93.8 Å². The molecule has 0 spiro atoms. The number of benzene rings is 2. The number of amides is 1. The van der Waals surface area contributed by atoms with E-state index < -0.39 is 5.82 Å². The van der Waals surface area contributed by atoms with Crippen molar-refractivity contribution in [2.45, 2.75) is 25.8 Å². The summed E-state index contributed by atoms with van der Waals surface area (Å²) in [6, 6.07) is 7.61. The third-order valence-corrected chi connectivity index (χ3v) is 6.07. The first kappa shape index (κ1) is 26.5. The van der Waals surface area contributed by atoms with Gasteiger partial charge >= 0.3 is 0 Å². The first-order chi connectivity index (χ1) is 17.3. The molecule has 1 aliphatic heterocycles. The zero-order chi connectivity index (χ0) is 26.4. The fraction of sp³-hybridized carbons (Fsp3) is 0.346. The molecule has 0 radical (unpaired) electrons. The van der Waals surface area contributed by atoms with E-state index in [2.05, 4.69) is 22.8 Å². The number of aryl methyl sites for hydroxylation is 1. The molecule has 4 rings (SSSR count). The first-order valence-corrected chi connectivity index (χ1v) is 11.3. The number of terminal acetylenes is 1. The number of nitrogens with two attached hydrogens (primary N) is 1. The number of nitrogens with zero attached hydrogens (tertiary/aromatic N) is 4. The third-order valence-electron chi connectivity index (χ3n) is 6.07. The van der Waals surface area contributed by atoms with Crippen molar-refractivity contribution in [2.24, 2.45) is 0 Å². The molecule has 190 valence electrons. The van der Waals surface area contributed by atoms with Crippen LogP contribution in [0.3, 0.4) is 0 Å². The minimum Gasteiger partial charge on any atom is -0.493 e. The summed E-state index contributed by atoms with van der Waals surface area (Å²) >= 11 is 0. The van der Waals surface area contributed by atoms with Gasteiger partial charge in [-0.25, -0.2) is 13.8 Å². The maximum absolute atomic E-state index is 15.1. The summed E-state index contributed by atoms with van der Waals surface area (Å²) < 4.78 is 38.5. The zero-order valence-corrected chi connectivity index (χ0v) is 20.5. The predicted molar refractivity (Wildman–Crippen MR) is 135 cm³/mol. The van der Waals surface area contributed by atoms with Gasteiger partial charge in [0.2, 0.25) is 11.9 Å². The number of halogens is 2. The van der Waals surface area contributed by atoms with Gasteiger partial charge in [-0.2, -0.15) is 4.98 Å². The second kappa shape index (κ2) is 11.5. The van der Waals surface area contributed by atoms with E-state index >= 15 is 4.39 Å². The Labute approximate surface area is 209 Å². The van der Waals surface area contributed by atoms with Crippen molar-refractivity contribution in [3.63, 3.8) is 0 Å². The molecule has 36 heavy (non-hydrogen) atoms. The van der Waals surface area contributed by atoms with Crippen LogP contribution in [0.15, 0.2) is 30.3 Å². The summed E-state index contributed by atoms with van der Waals surface area (Å²) in [5.74, 6) is -0.367. The number of rotatable bonds is 6. The highest BCUT2D eigenvalue weighted by Gasteiger charge is 2.29. The molecule has 2 heterocycles. The summed E-state index contributed by atoms with van der Waals surface area (Å²) in [6.07, 6.45) is 8.88. The van der Waals surface area contributed by atoms with Crippen LogP contribution in [0.25, 0.3) is 10.9 Å². The minimum atomic E-state index is -0.672. The molecule has 0 bridgehead atoms. The van der Waals surface area contributed by atoms with Gasteiger partial charge in [-0.15, -0.1) is 12.8 Å². The maximum atomic E-state index is 15.1. The van der Waals surface area contributed by atoms with Gasteiger partial charge in [0, 0.05) is 37.5 Å². The Morgan fingerprint density at radius 1 is 1.14 bits per heavy atom. The Morgan fingerprint density at radius 2 is 1.83 bits per heavy atom. The highest BCUT2D eigenvalue weighted by Crippen LogP contribution is 2.37. The Bertz CT molecular complexity index is 1250. The van der Waals surface area contributed by atoms with Crippen LogP contribution in [-0.4, -0.2) is 60.7 Å². The van der Waals surface area contributed by atoms with Gasteiger partial charge in [-0.3, -0.25) is 4.79 Å². The first-order valence-electron chi connectivity index (χ1n) is 11.3. The Morgan fingerprint density at radius 3 is 2.44 bits per heavy atom. The van der Waals surface area contributed by atoms with E-state index in [-0.39, 0.29) is 40.6 Å². The average molecular weight is 498 g/mol. The number of carbonyl (C=O) groups is 1. The van der Waals surface area contributed by atoms with Crippen LogP contribution in [0.2, 0.25) is 0 Å². The molecule has 8 nitrogen and oxygen atoms in total. The highest BCUT2D eigenvalue weighted by molar-refractivity contribution is 5.92. The molecule has 1 aromatic heterocycles. The van der Waals surface area contributed by atoms with Gasteiger partial charge in [-0.05, 0) is 37.1 Å². The number of hydrogen-bond acceptors (Lipinski definition) is 7. The number of piperazine rings is 1. The molecular formula is C26H29F2N5O3. The molecule has 1 amide bonds. The molecule has 2 aromatic carbocycles. The number of fused-ring (bicyclic) bond motifs is 1. The number of aromatic nitrogens is 2. The van der Waals surface area contributed by atoms with Crippen molar-refractivity contribution >= 4 is 28.6 Å². The van der Waals surface area contributed by atoms with Gasteiger partial charge in [0.25, 0.3) is 0 Å². The third kappa shape index (κ3) is 5.40. The average Bonchev–Trinajstić information content (AvgIpc) is 2.89. The second-order valence-electron chi connectivity index (χ2n) is 8.24. The van der Waals surface area contributed by atoms with Gasteiger partial charge in [0.05, 0.1) is 14.2 Å². The number of carbonyl (C=O) groups excluding carboxylic acids is 1. The Hall–Kier alpha value is -4.13.